The lowest BCUT2D eigenvalue weighted by Crippen LogP contribution is -2.09. The number of nitrogens with zero attached hydrogens (tertiary/aromatic N) is 3. The Morgan fingerprint density at radius 3 is 2.74 bits per heavy atom. The van der Waals surface area contributed by atoms with E-state index >= 15 is 0 Å². The Balaban J connectivity index is 2.42. The molecule has 3 rings (SSSR count). The molecule has 5 heteroatoms. The van der Waals surface area contributed by atoms with Crippen molar-refractivity contribution in [2.45, 2.75) is 39.0 Å². The molecule has 0 spiro atoms. The van der Waals surface area contributed by atoms with Crippen LogP contribution in [0.4, 0.5) is 0 Å². The Morgan fingerprint density at radius 1 is 1.26 bits per heavy atom. The summed E-state index contributed by atoms with van der Waals surface area (Å²) in [7, 11) is 1.82. The minimum absolute atomic E-state index is 0.424. The highest BCUT2D eigenvalue weighted by atomic mass is 16.4. The van der Waals surface area contributed by atoms with Gasteiger partial charge in [0, 0.05) is 12.7 Å². The molecule has 1 aliphatic rings. The molecule has 0 aromatic carbocycles. The van der Waals surface area contributed by atoms with Gasteiger partial charge in [-0.05, 0) is 38.2 Å². The quantitative estimate of drug-likeness (QED) is 0.797. The summed E-state index contributed by atoms with van der Waals surface area (Å²) in [5.41, 5.74) is 3.73. The fourth-order valence-electron chi connectivity index (χ4n) is 3.04. The van der Waals surface area contributed by atoms with E-state index in [0.717, 1.165) is 49.1 Å². The minimum atomic E-state index is -0.860. The number of aryl methyl sites for hydroxylation is 3. The Kier molecular flexibility index (Phi) is 2.77. The van der Waals surface area contributed by atoms with E-state index in [4.69, 9.17) is 0 Å². The number of carboxylic acids is 1. The van der Waals surface area contributed by atoms with Crippen LogP contribution in [0.15, 0.2) is 0 Å². The molecule has 0 bridgehead atoms. The largest absolute Gasteiger partial charge is 0.478 e. The van der Waals surface area contributed by atoms with Gasteiger partial charge < -0.3 is 5.11 Å². The van der Waals surface area contributed by atoms with Gasteiger partial charge in [-0.2, -0.15) is 5.10 Å². The van der Waals surface area contributed by atoms with Crippen LogP contribution in [0.3, 0.4) is 0 Å². The number of pyridine rings is 1. The summed E-state index contributed by atoms with van der Waals surface area (Å²) >= 11 is 0. The molecule has 0 saturated carbocycles. The molecule has 0 radical (unpaired) electrons. The van der Waals surface area contributed by atoms with Gasteiger partial charge in [-0.3, -0.25) is 4.68 Å². The molecule has 0 amide bonds. The molecule has 0 aliphatic heterocycles. The monoisotopic (exact) mass is 259 g/mol. The van der Waals surface area contributed by atoms with Gasteiger partial charge in [-0.15, -0.1) is 0 Å². The van der Waals surface area contributed by atoms with E-state index in [1.165, 1.54) is 0 Å². The van der Waals surface area contributed by atoms with Crippen molar-refractivity contribution in [3.05, 3.63) is 22.5 Å². The first kappa shape index (κ1) is 12.1. The maximum atomic E-state index is 11.7. The number of aromatic carboxylic acids is 1. The second kappa shape index (κ2) is 4.33. The predicted molar refractivity (Wildman–Crippen MR) is 71.5 cm³/mol. The summed E-state index contributed by atoms with van der Waals surface area (Å²) in [6.07, 6.45) is 4.95. The van der Waals surface area contributed by atoms with Gasteiger partial charge >= 0.3 is 5.97 Å². The Bertz CT molecular complexity index is 673. The van der Waals surface area contributed by atoms with Gasteiger partial charge in [0.2, 0.25) is 0 Å². The first-order valence-corrected chi connectivity index (χ1v) is 6.68. The molecule has 1 aliphatic carbocycles. The van der Waals surface area contributed by atoms with Crippen molar-refractivity contribution >= 4 is 17.0 Å². The maximum absolute atomic E-state index is 11.7. The Labute approximate surface area is 111 Å². The summed E-state index contributed by atoms with van der Waals surface area (Å²) in [5.74, 6) is -0.860. The van der Waals surface area contributed by atoms with Crippen LogP contribution >= 0.6 is 0 Å². The number of carboxylic acid groups (broad SMARTS) is 1. The highest BCUT2D eigenvalue weighted by molar-refractivity contribution is 6.04. The third kappa shape index (κ3) is 1.80. The molecule has 0 saturated heterocycles. The lowest BCUT2D eigenvalue weighted by Gasteiger charge is -2.10. The van der Waals surface area contributed by atoms with E-state index in [1.807, 2.05) is 14.0 Å². The Morgan fingerprint density at radius 2 is 2.00 bits per heavy atom. The van der Waals surface area contributed by atoms with E-state index in [2.05, 4.69) is 10.1 Å². The average molecular weight is 259 g/mol. The zero-order valence-electron chi connectivity index (χ0n) is 11.2. The van der Waals surface area contributed by atoms with Crippen LogP contribution in [-0.4, -0.2) is 25.8 Å². The van der Waals surface area contributed by atoms with Gasteiger partial charge in [0.1, 0.15) is 0 Å². The summed E-state index contributed by atoms with van der Waals surface area (Å²) in [6.45, 7) is 1.85. The van der Waals surface area contributed by atoms with Crippen molar-refractivity contribution < 1.29 is 9.90 Å². The van der Waals surface area contributed by atoms with E-state index < -0.39 is 5.97 Å². The molecule has 0 fully saturated rings. The minimum Gasteiger partial charge on any atom is -0.478 e. The molecule has 100 valence electrons. The van der Waals surface area contributed by atoms with Crippen molar-refractivity contribution in [1.82, 2.24) is 14.8 Å². The van der Waals surface area contributed by atoms with Crippen molar-refractivity contribution in [3.63, 3.8) is 0 Å². The summed E-state index contributed by atoms with van der Waals surface area (Å²) in [5, 5.41) is 14.6. The molecule has 2 aromatic heterocycles. The van der Waals surface area contributed by atoms with Crippen LogP contribution < -0.4 is 0 Å². The molecule has 1 N–H and O–H groups in total. The van der Waals surface area contributed by atoms with Gasteiger partial charge in [-0.1, -0.05) is 6.42 Å². The van der Waals surface area contributed by atoms with Crippen molar-refractivity contribution in [3.8, 4) is 0 Å². The molecule has 19 heavy (non-hydrogen) atoms. The highest BCUT2D eigenvalue weighted by Gasteiger charge is 2.24. The number of hydrogen-bond donors (Lipinski definition) is 1. The van der Waals surface area contributed by atoms with Crippen molar-refractivity contribution in [1.29, 1.82) is 0 Å². The first-order valence-electron chi connectivity index (χ1n) is 6.68. The van der Waals surface area contributed by atoms with E-state index in [9.17, 15) is 9.90 Å². The van der Waals surface area contributed by atoms with E-state index in [1.54, 1.807) is 4.68 Å². The van der Waals surface area contributed by atoms with Gasteiger partial charge in [0.25, 0.3) is 0 Å². The van der Waals surface area contributed by atoms with Crippen LogP contribution in [0.2, 0.25) is 0 Å². The topological polar surface area (TPSA) is 68.0 Å². The van der Waals surface area contributed by atoms with Crippen LogP contribution in [0.5, 0.6) is 0 Å². The second-order valence-corrected chi connectivity index (χ2v) is 5.19. The fraction of sp³-hybridized carbons (Fsp3) is 0.500. The van der Waals surface area contributed by atoms with Crippen LogP contribution in [0.25, 0.3) is 11.0 Å². The van der Waals surface area contributed by atoms with E-state index in [0.29, 0.717) is 16.6 Å². The molecule has 5 nitrogen and oxygen atoms in total. The fourth-order valence-corrected chi connectivity index (χ4v) is 3.04. The first-order chi connectivity index (χ1) is 9.09. The zero-order chi connectivity index (χ0) is 13.6. The molecule has 0 unspecified atom stereocenters. The van der Waals surface area contributed by atoms with E-state index in [-0.39, 0.29) is 0 Å². The summed E-state index contributed by atoms with van der Waals surface area (Å²) in [6, 6.07) is 0. The normalized spacial score (nSPS) is 15.3. The highest BCUT2D eigenvalue weighted by Crippen LogP contribution is 2.30. The van der Waals surface area contributed by atoms with Gasteiger partial charge in [0.15, 0.2) is 5.65 Å². The number of carbonyl (C=O) groups is 1. The molecule has 0 atom stereocenters. The third-order valence-corrected chi connectivity index (χ3v) is 3.89. The molecule has 2 heterocycles. The lowest BCUT2D eigenvalue weighted by molar-refractivity contribution is 0.0697. The van der Waals surface area contributed by atoms with Crippen molar-refractivity contribution in [2.75, 3.05) is 0 Å². The standard InChI is InChI=1S/C14H17N3O2/c1-8-11-12(14(18)19)9-6-4-3-5-7-10(9)15-13(11)17(2)16-8/h3-7H2,1-2H3,(H,18,19). The van der Waals surface area contributed by atoms with Gasteiger partial charge in [0.05, 0.1) is 16.6 Å². The number of rotatable bonds is 1. The van der Waals surface area contributed by atoms with Gasteiger partial charge in [-0.25, -0.2) is 9.78 Å². The lowest BCUT2D eigenvalue weighted by atomic mass is 9.98. The second-order valence-electron chi connectivity index (χ2n) is 5.19. The summed E-state index contributed by atoms with van der Waals surface area (Å²) < 4.78 is 1.68. The zero-order valence-corrected chi connectivity index (χ0v) is 11.2. The maximum Gasteiger partial charge on any atom is 0.336 e. The summed E-state index contributed by atoms with van der Waals surface area (Å²) in [4.78, 5) is 16.4. The number of hydrogen-bond acceptors (Lipinski definition) is 3. The molecular weight excluding hydrogens is 242 g/mol. The molecular formula is C14H17N3O2. The average Bonchev–Trinajstić information content (AvgIpc) is 2.56. The number of fused-ring (bicyclic) bond motifs is 2. The van der Waals surface area contributed by atoms with Crippen molar-refractivity contribution in [2.24, 2.45) is 7.05 Å². The number of aromatic nitrogens is 3. The third-order valence-electron chi connectivity index (χ3n) is 3.89. The Hall–Kier alpha value is -1.91. The smallest absolute Gasteiger partial charge is 0.336 e. The van der Waals surface area contributed by atoms with Crippen LogP contribution in [0, 0.1) is 6.92 Å². The van der Waals surface area contributed by atoms with Crippen LogP contribution in [0.1, 0.15) is 46.6 Å². The molecule has 2 aromatic rings. The van der Waals surface area contributed by atoms with Crippen LogP contribution in [-0.2, 0) is 19.9 Å². The SMILES string of the molecule is Cc1nn(C)c2nc3c(c(C(=O)O)c12)CCCCC3. The predicted octanol–water partition coefficient (Wildman–Crippen LogP) is 2.24.